The van der Waals surface area contributed by atoms with Crippen molar-refractivity contribution in [3.8, 4) is 0 Å². The number of carbonyl (C=O) groups is 1. The normalized spacial score (nSPS) is 20.8. The lowest BCUT2D eigenvalue weighted by Crippen LogP contribution is -2.73. The Balaban J connectivity index is 3.20. The maximum absolute atomic E-state index is 12.8. The van der Waals surface area contributed by atoms with E-state index in [0.717, 1.165) is 26.2 Å². The van der Waals surface area contributed by atoms with E-state index in [2.05, 4.69) is 28.5 Å². The molecule has 0 aliphatic carbocycles. The maximum Gasteiger partial charge on any atom is 0.191 e. The van der Waals surface area contributed by atoms with Crippen LogP contribution in [0.1, 0.15) is 46.5 Å². The molecule has 1 unspecified atom stereocenters. The standard InChI is InChI=1S/C15H31N3O/c1-6-14(19)15(16(4)5,17(7-2)8-3)18-12-10-9-11-13-18/h6-13H2,1-5H3. The van der Waals surface area contributed by atoms with Crippen LogP contribution in [-0.4, -0.2) is 66.5 Å². The molecule has 1 heterocycles. The van der Waals surface area contributed by atoms with Gasteiger partial charge >= 0.3 is 0 Å². The van der Waals surface area contributed by atoms with E-state index in [-0.39, 0.29) is 0 Å². The fraction of sp³-hybridized carbons (Fsp3) is 0.933. The second-order valence-electron chi connectivity index (χ2n) is 5.53. The van der Waals surface area contributed by atoms with Gasteiger partial charge in [0.1, 0.15) is 0 Å². The first-order chi connectivity index (χ1) is 9.05. The highest BCUT2D eigenvalue weighted by Crippen LogP contribution is 2.29. The minimum atomic E-state index is -0.543. The summed E-state index contributed by atoms with van der Waals surface area (Å²) in [5.41, 5.74) is 0. The zero-order valence-electron chi connectivity index (χ0n) is 13.4. The van der Waals surface area contributed by atoms with Crippen LogP contribution in [0.2, 0.25) is 0 Å². The molecule has 1 aliphatic heterocycles. The van der Waals surface area contributed by atoms with Crippen molar-refractivity contribution in [1.82, 2.24) is 14.7 Å². The molecular formula is C15H31N3O. The molecule has 1 fully saturated rings. The van der Waals surface area contributed by atoms with E-state index in [0.29, 0.717) is 12.2 Å². The lowest BCUT2D eigenvalue weighted by molar-refractivity contribution is -0.178. The zero-order chi connectivity index (χ0) is 14.5. The van der Waals surface area contributed by atoms with Gasteiger partial charge in [-0.1, -0.05) is 27.2 Å². The van der Waals surface area contributed by atoms with Crippen LogP contribution in [0.25, 0.3) is 0 Å². The van der Waals surface area contributed by atoms with Gasteiger partial charge < -0.3 is 0 Å². The molecule has 19 heavy (non-hydrogen) atoms. The molecule has 0 saturated carbocycles. The first-order valence-electron chi connectivity index (χ1n) is 7.76. The van der Waals surface area contributed by atoms with E-state index < -0.39 is 5.79 Å². The number of piperidine rings is 1. The van der Waals surface area contributed by atoms with Crippen molar-refractivity contribution in [2.45, 2.75) is 52.2 Å². The number of ketones is 1. The number of nitrogens with zero attached hydrogens (tertiary/aromatic N) is 3. The van der Waals surface area contributed by atoms with Crippen LogP contribution in [0, 0.1) is 0 Å². The number of hydrogen-bond acceptors (Lipinski definition) is 4. The quantitative estimate of drug-likeness (QED) is 0.661. The van der Waals surface area contributed by atoms with Crippen LogP contribution >= 0.6 is 0 Å². The average Bonchev–Trinajstić information content (AvgIpc) is 2.44. The number of Topliss-reactive ketones (excluding diaryl/α,β-unsaturated/α-hetero) is 1. The Kier molecular flexibility index (Phi) is 6.43. The monoisotopic (exact) mass is 269 g/mol. The van der Waals surface area contributed by atoms with E-state index in [1.165, 1.54) is 19.3 Å². The van der Waals surface area contributed by atoms with Gasteiger partial charge in [-0.2, -0.15) is 0 Å². The number of carbonyl (C=O) groups excluding carboxylic acids is 1. The lowest BCUT2D eigenvalue weighted by Gasteiger charge is -2.53. The molecule has 112 valence electrons. The van der Waals surface area contributed by atoms with E-state index in [1.807, 2.05) is 21.0 Å². The van der Waals surface area contributed by atoms with Crippen molar-refractivity contribution in [1.29, 1.82) is 0 Å². The van der Waals surface area contributed by atoms with Crippen molar-refractivity contribution >= 4 is 5.78 Å². The highest BCUT2D eigenvalue weighted by Gasteiger charge is 2.48. The summed E-state index contributed by atoms with van der Waals surface area (Å²) in [5, 5.41) is 0. The molecule has 0 aromatic heterocycles. The third-order valence-electron chi connectivity index (χ3n) is 4.32. The number of rotatable bonds is 7. The Morgan fingerprint density at radius 1 is 1.05 bits per heavy atom. The Morgan fingerprint density at radius 2 is 1.58 bits per heavy atom. The Bertz CT molecular complexity index is 283. The number of likely N-dealkylation sites (N-methyl/N-ethyl adjacent to an activating group) is 2. The van der Waals surface area contributed by atoms with Gasteiger partial charge in [0.2, 0.25) is 0 Å². The summed E-state index contributed by atoms with van der Waals surface area (Å²) in [6.45, 7) is 10.1. The van der Waals surface area contributed by atoms with Crippen molar-refractivity contribution in [2.75, 3.05) is 40.3 Å². The molecule has 4 heteroatoms. The average molecular weight is 269 g/mol. The van der Waals surface area contributed by atoms with Crippen molar-refractivity contribution in [3.63, 3.8) is 0 Å². The van der Waals surface area contributed by atoms with Crippen molar-refractivity contribution < 1.29 is 4.79 Å². The van der Waals surface area contributed by atoms with Crippen molar-refractivity contribution in [2.24, 2.45) is 0 Å². The largest absolute Gasteiger partial charge is 0.294 e. The van der Waals surface area contributed by atoms with Gasteiger partial charge in [-0.05, 0) is 40.0 Å². The molecule has 1 atom stereocenters. The predicted molar refractivity (Wildman–Crippen MR) is 80.1 cm³/mol. The van der Waals surface area contributed by atoms with Gasteiger partial charge in [0.05, 0.1) is 0 Å². The Morgan fingerprint density at radius 3 is 1.95 bits per heavy atom. The molecule has 1 rings (SSSR count). The molecule has 0 aromatic rings. The smallest absolute Gasteiger partial charge is 0.191 e. The highest BCUT2D eigenvalue weighted by molar-refractivity contribution is 5.87. The van der Waals surface area contributed by atoms with E-state index >= 15 is 0 Å². The van der Waals surface area contributed by atoms with E-state index in [9.17, 15) is 4.79 Å². The molecule has 0 spiro atoms. The molecule has 0 N–H and O–H groups in total. The summed E-state index contributed by atoms with van der Waals surface area (Å²) in [5.74, 6) is -0.221. The second kappa shape index (κ2) is 7.36. The second-order valence-corrected chi connectivity index (χ2v) is 5.53. The van der Waals surface area contributed by atoms with Crippen molar-refractivity contribution in [3.05, 3.63) is 0 Å². The molecule has 1 saturated heterocycles. The van der Waals surface area contributed by atoms with Crippen LogP contribution in [0.5, 0.6) is 0 Å². The zero-order valence-corrected chi connectivity index (χ0v) is 13.4. The Labute approximate surface area is 118 Å². The van der Waals surface area contributed by atoms with E-state index in [1.54, 1.807) is 0 Å². The van der Waals surface area contributed by atoms with Crippen LogP contribution < -0.4 is 0 Å². The van der Waals surface area contributed by atoms with Crippen LogP contribution in [0.4, 0.5) is 0 Å². The molecular weight excluding hydrogens is 238 g/mol. The number of hydrogen-bond donors (Lipinski definition) is 0. The van der Waals surface area contributed by atoms with Crippen LogP contribution in [-0.2, 0) is 4.79 Å². The fourth-order valence-electron chi connectivity index (χ4n) is 3.48. The van der Waals surface area contributed by atoms with E-state index in [4.69, 9.17) is 0 Å². The first-order valence-corrected chi connectivity index (χ1v) is 7.76. The molecule has 1 aliphatic rings. The number of likely N-dealkylation sites (tertiary alicyclic amines) is 1. The molecule has 0 bridgehead atoms. The maximum atomic E-state index is 12.8. The Hall–Kier alpha value is -0.450. The summed E-state index contributed by atoms with van der Waals surface area (Å²) in [6, 6.07) is 0. The summed E-state index contributed by atoms with van der Waals surface area (Å²) < 4.78 is 0. The van der Waals surface area contributed by atoms with Gasteiger partial charge in [-0.15, -0.1) is 0 Å². The summed E-state index contributed by atoms with van der Waals surface area (Å²) in [7, 11) is 4.08. The SMILES string of the molecule is CCC(=O)C(N(C)C)(N(CC)CC)N1CCCCC1. The van der Waals surface area contributed by atoms with Gasteiger partial charge in [0.25, 0.3) is 0 Å². The first kappa shape index (κ1) is 16.6. The van der Waals surface area contributed by atoms with Gasteiger partial charge in [0, 0.05) is 19.5 Å². The highest BCUT2D eigenvalue weighted by atomic mass is 16.1. The minimum Gasteiger partial charge on any atom is -0.294 e. The van der Waals surface area contributed by atoms with Gasteiger partial charge in [-0.25, -0.2) is 0 Å². The summed E-state index contributed by atoms with van der Waals surface area (Å²) in [4.78, 5) is 19.6. The predicted octanol–water partition coefficient (Wildman–Crippen LogP) is 2.01. The van der Waals surface area contributed by atoms with Gasteiger partial charge in [0.15, 0.2) is 11.6 Å². The van der Waals surface area contributed by atoms with Gasteiger partial charge in [-0.3, -0.25) is 19.5 Å². The molecule has 0 radical (unpaired) electrons. The third-order valence-corrected chi connectivity index (χ3v) is 4.32. The minimum absolute atomic E-state index is 0.322. The third kappa shape index (κ3) is 3.01. The topological polar surface area (TPSA) is 26.8 Å². The van der Waals surface area contributed by atoms with Crippen LogP contribution in [0.3, 0.4) is 0 Å². The van der Waals surface area contributed by atoms with Crippen LogP contribution in [0.15, 0.2) is 0 Å². The summed E-state index contributed by atoms with van der Waals surface area (Å²) >= 11 is 0. The molecule has 0 amide bonds. The molecule has 0 aromatic carbocycles. The summed E-state index contributed by atoms with van der Waals surface area (Å²) in [6.07, 6.45) is 4.28. The lowest BCUT2D eigenvalue weighted by atomic mass is 10.0. The molecule has 4 nitrogen and oxygen atoms in total. The fourth-order valence-corrected chi connectivity index (χ4v) is 3.48.